The summed E-state index contributed by atoms with van der Waals surface area (Å²) < 4.78 is 17.9. The summed E-state index contributed by atoms with van der Waals surface area (Å²) in [5.74, 6) is -0.435. The van der Waals surface area contributed by atoms with Crippen LogP contribution in [0.2, 0.25) is 0 Å². The number of hydrogen-bond donors (Lipinski definition) is 2. The maximum Gasteiger partial charge on any atom is 0.344 e. The molecule has 3 rings (SSSR count). The lowest BCUT2D eigenvalue weighted by atomic mass is 10.1. The van der Waals surface area contributed by atoms with Gasteiger partial charge in [-0.25, -0.2) is 14.2 Å². The zero-order valence-electron chi connectivity index (χ0n) is 14.7. The second kappa shape index (κ2) is 7.40. The molecule has 2 aromatic carbocycles. The predicted octanol–water partition coefficient (Wildman–Crippen LogP) is 3.36. The average Bonchev–Trinajstić information content (AvgIpc) is 3.01. The van der Waals surface area contributed by atoms with E-state index < -0.39 is 10.9 Å². The minimum atomic E-state index is -0.771. The van der Waals surface area contributed by atoms with Gasteiger partial charge in [-0.3, -0.25) is 10.1 Å². The Morgan fingerprint density at radius 2 is 2.15 bits per heavy atom. The first kappa shape index (κ1) is 18.3. The number of fused-ring (bicyclic) bond motifs is 1. The van der Waals surface area contributed by atoms with Crippen LogP contribution in [0.25, 0.3) is 11.0 Å². The number of H-pyrrole nitrogens is 1. The van der Waals surface area contributed by atoms with Crippen molar-refractivity contribution < 1.29 is 18.8 Å². The molecule has 3 aromatic rings. The standard InChI is InChI=1S/C18H17FN4O4/c1-10-7-12(9-13(18(24)27-2)17(10)23(25)26)20-6-5-16-21-14-4-3-11(19)8-15(14)22-16/h3-4,7-9,20H,5-6H2,1-2H3,(H,21,22). The fourth-order valence-corrected chi connectivity index (χ4v) is 2.87. The number of anilines is 1. The fraction of sp³-hybridized carbons (Fsp3) is 0.222. The zero-order valence-corrected chi connectivity index (χ0v) is 14.7. The first-order chi connectivity index (χ1) is 12.9. The largest absolute Gasteiger partial charge is 0.465 e. The third-order valence-electron chi connectivity index (χ3n) is 4.07. The van der Waals surface area contributed by atoms with Gasteiger partial charge in [-0.15, -0.1) is 0 Å². The van der Waals surface area contributed by atoms with Gasteiger partial charge in [0.05, 0.1) is 23.1 Å². The molecule has 1 aromatic heterocycles. The summed E-state index contributed by atoms with van der Waals surface area (Å²) in [6.07, 6.45) is 0.514. The van der Waals surface area contributed by atoms with Gasteiger partial charge < -0.3 is 15.0 Å². The third-order valence-corrected chi connectivity index (χ3v) is 4.07. The lowest BCUT2D eigenvalue weighted by molar-refractivity contribution is -0.385. The molecule has 27 heavy (non-hydrogen) atoms. The maximum absolute atomic E-state index is 13.2. The van der Waals surface area contributed by atoms with Crippen LogP contribution >= 0.6 is 0 Å². The van der Waals surface area contributed by atoms with E-state index >= 15 is 0 Å². The number of nitro benzene ring substituents is 1. The second-order valence-corrected chi connectivity index (χ2v) is 5.96. The highest BCUT2D eigenvalue weighted by atomic mass is 19.1. The molecule has 9 heteroatoms. The Morgan fingerprint density at radius 3 is 2.85 bits per heavy atom. The van der Waals surface area contributed by atoms with Crippen molar-refractivity contribution >= 4 is 28.4 Å². The summed E-state index contributed by atoms with van der Waals surface area (Å²) in [6, 6.07) is 7.31. The van der Waals surface area contributed by atoms with Gasteiger partial charge in [-0.2, -0.15) is 0 Å². The van der Waals surface area contributed by atoms with Crippen LogP contribution in [0.3, 0.4) is 0 Å². The molecule has 1 heterocycles. The van der Waals surface area contributed by atoms with Crippen LogP contribution in [-0.4, -0.2) is 34.5 Å². The SMILES string of the molecule is COC(=O)c1cc(NCCc2nc3ccc(F)cc3[nH]2)cc(C)c1[N+](=O)[O-]. The Morgan fingerprint density at radius 1 is 1.37 bits per heavy atom. The van der Waals surface area contributed by atoms with Crippen LogP contribution < -0.4 is 5.32 Å². The molecule has 140 valence electrons. The van der Waals surface area contributed by atoms with Crippen molar-refractivity contribution in [3.63, 3.8) is 0 Å². The molecule has 0 amide bonds. The molecule has 0 saturated carbocycles. The van der Waals surface area contributed by atoms with E-state index in [1.54, 1.807) is 19.1 Å². The number of aromatic nitrogens is 2. The molecule has 0 aliphatic carbocycles. The van der Waals surface area contributed by atoms with Crippen LogP contribution in [0.1, 0.15) is 21.7 Å². The van der Waals surface area contributed by atoms with Gasteiger partial charge in [-0.1, -0.05) is 0 Å². The van der Waals surface area contributed by atoms with Gasteiger partial charge in [0, 0.05) is 24.2 Å². The van der Waals surface area contributed by atoms with Crippen molar-refractivity contribution in [2.24, 2.45) is 0 Å². The Labute approximate surface area is 153 Å². The van der Waals surface area contributed by atoms with Crippen LogP contribution in [0, 0.1) is 22.9 Å². The highest BCUT2D eigenvalue weighted by molar-refractivity contribution is 5.95. The number of halogens is 1. The maximum atomic E-state index is 13.2. The van der Waals surface area contributed by atoms with Crippen molar-refractivity contribution in [1.29, 1.82) is 0 Å². The number of nitrogens with one attached hydrogen (secondary N) is 2. The van der Waals surface area contributed by atoms with Gasteiger partial charge in [0.1, 0.15) is 17.2 Å². The lowest BCUT2D eigenvalue weighted by Gasteiger charge is -2.10. The van der Waals surface area contributed by atoms with E-state index in [4.69, 9.17) is 0 Å². The smallest absolute Gasteiger partial charge is 0.344 e. The topological polar surface area (TPSA) is 110 Å². The Bertz CT molecular complexity index is 1030. The first-order valence-electron chi connectivity index (χ1n) is 8.14. The van der Waals surface area contributed by atoms with E-state index in [0.717, 1.165) is 0 Å². The van der Waals surface area contributed by atoms with E-state index in [9.17, 15) is 19.3 Å². The van der Waals surface area contributed by atoms with Crippen molar-refractivity contribution in [2.75, 3.05) is 19.0 Å². The van der Waals surface area contributed by atoms with E-state index in [1.165, 1.54) is 25.3 Å². The molecule has 0 unspecified atom stereocenters. The molecule has 0 fully saturated rings. The molecule has 8 nitrogen and oxygen atoms in total. The summed E-state index contributed by atoms with van der Waals surface area (Å²) in [4.78, 5) is 29.9. The molecule has 0 radical (unpaired) electrons. The monoisotopic (exact) mass is 372 g/mol. The molecule has 0 atom stereocenters. The Hall–Kier alpha value is -3.49. The fourth-order valence-electron chi connectivity index (χ4n) is 2.87. The van der Waals surface area contributed by atoms with E-state index in [2.05, 4.69) is 20.0 Å². The van der Waals surface area contributed by atoms with E-state index in [1.807, 2.05) is 0 Å². The highest BCUT2D eigenvalue weighted by Gasteiger charge is 2.24. The number of ether oxygens (including phenoxy) is 1. The number of nitrogens with zero attached hydrogens (tertiary/aromatic N) is 2. The van der Waals surface area contributed by atoms with Gasteiger partial charge >= 0.3 is 5.97 Å². The number of esters is 1. The Balaban J connectivity index is 1.76. The summed E-state index contributed by atoms with van der Waals surface area (Å²) >= 11 is 0. The zero-order chi connectivity index (χ0) is 19.6. The summed E-state index contributed by atoms with van der Waals surface area (Å²) in [5.41, 5.74) is 1.82. The number of aromatic amines is 1. The first-order valence-corrected chi connectivity index (χ1v) is 8.14. The van der Waals surface area contributed by atoms with Crippen LogP contribution in [0.5, 0.6) is 0 Å². The molecule has 0 saturated heterocycles. The number of imidazole rings is 1. The quantitative estimate of drug-likeness (QED) is 0.390. The number of rotatable bonds is 6. The van der Waals surface area contributed by atoms with Crippen LogP contribution in [-0.2, 0) is 11.2 Å². The third kappa shape index (κ3) is 3.86. The molecular weight excluding hydrogens is 355 g/mol. The summed E-state index contributed by atoms with van der Waals surface area (Å²) in [5, 5.41) is 14.3. The molecule has 0 aliphatic heterocycles. The number of aryl methyl sites for hydroxylation is 1. The van der Waals surface area contributed by atoms with Crippen molar-refractivity contribution in [3.8, 4) is 0 Å². The summed E-state index contributed by atoms with van der Waals surface area (Å²) in [6.45, 7) is 2.02. The number of carbonyl (C=O) groups excluding carboxylic acids is 1. The molecule has 0 spiro atoms. The number of benzene rings is 2. The minimum absolute atomic E-state index is 0.107. The van der Waals surface area contributed by atoms with Crippen LogP contribution in [0.4, 0.5) is 15.8 Å². The van der Waals surface area contributed by atoms with Gasteiger partial charge in [0.15, 0.2) is 0 Å². The second-order valence-electron chi connectivity index (χ2n) is 5.96. The highest BCUT2D eigenvalue weighted by Crippen LogP contribution is 2.28. The average molecular weight is 372 g/mol. The number of nitro groups is 1. The summed E-state index contributed by atoms with van der Waals surface area (Å²) in [7, 11) is 1.17. The van der Waals surface area contributed by atoms with Crippen molar-refractivity contribution in [2.45, 2.75) is 13.3 Å². The van der Waals surface area contributed by atoms with Gasteiger partial charge in [0.25, 0.3) is 5.69 Å². The normalized spacial score (nSPS) is 10.8. The van der Waals surface area contributed by atoms with Crippen molar-refractivity contribution in [3.05, 3.63) is 63.2 Å². The molecular formula is C18H17FN4O4. The minimum Gasteiger partial charge on any atom is -0.465 e. The van der Waals surface area contributed by atoms with Crippen molar-refractivity contribution in [1.82, 2.24) is 9.97 Å². The molecule has 0 bridgehead atoms. The lowest BCUT2D eigenvalue weighted by Crippen LogP contribution is -2.11. The van der Waals surface area contributed by atoms with E-state index in [0.29, 0.717) is 41.1 Å². The van der Waals surface area contributed by atoms with Gasteiger partial charge in [0.2, 0.25) is 0 Å². The molecule has 2 N–H and O–H groups in total. The van der Waals surface area contributed by atoms with Gasteiger partial charge in [-0.05, 0) is 37.3 Å². The van der Waals surface area contributed by atoms with E-state index in [-0.39, 0.29) is 17.1 Å². The Kier molecular flexibility index (Phi) is 5.02. The number of methoxy groups -OCH3 is 1. The van der Waals surface area contributed by atoms with Crippen LogP contribution in [0.15, 0.2) is 30.3 Å². The molecule has 0 aliphatic rings. The predicted molar refractivity (Wildman–Crippen MR) is 97.4 cm³/mol. The number of carbonyl (C=O) groups is 1. The number of hydrogen-bond acceptors (Lipinski definition) is 6.